The zero-order chi connectivity index (χ0) is 19.2. The van der Waals surface area contributed by atoms with E-state index in [0.29, 0.717) is 5.56 Å². The van der Waals surface area contributed by atoms with Crippen LogP contribution in [0, 0.1) is 0 Å². The molecule has 2 heterocycles. The van der Waals surface area contributed by atoms with Crippen molar-refractivity contribution in [3.8, 4) is 0 Å². The maximum atomic E-state index is 12.3. The summed E-state index contributed by atoms with van der Waals surface area (Å²) < 4.78 is 0. The predicted octanol–water partition coefficient (Wildman–Crippen LogP) is 5.00. The van der Waals surface area contributed by atoms with Gasteiger partial charge in [-0.25, -0.2) is 4.98 Å². The number of rotatable bonds is 7. The average molecular weight is 407 g/mol. The normalized spacial score (nSPS) is 10.7. The number of hydrogen-bond donors (Lipinski definition) is 2. The zero-order valence-electron chi connectivity index (χ0n) is 15.0. The average Bonchev–Trinajstić information content (AvgIpc) is 3.40. The number of nitrogens with one attached hydrogen (secondary N) is 2. The molecule has 5 nitrogen and oxygen atoms in total. The van der Waals surface area contributed by atoms with E-state index in [1.807, 2.05) is 60.7 Å². The van der Waals surface area contributed by atoms with Crippen molar-refractivity contribution in [2.75, 3.05) is 5.32 Å². The van der Waals surface area contributed by atoms with Gasteiger partial charge in [0, 0.05) is 28.3 Å². The molecule has 0 saturated heterocycles. The molecule has 0 atom stereocenters. The molecule has 0 unspecified atom stereocenters. The Hall–Kier alpha value is -2.90. The van der Waals surface area contributed by atoms with Crippen molar-refractivity contribution in [3.05, 3.63) is 93.9 Å². The van der Waals surface area contributed by atoms with Gasteiger partial charge in [-0.05, 0) is 41.3 Å². The van der Waals surface area contributed by atoms with Crippen LogP contribution in [0.1, 0.15) is 26.6 Å². The fourth-order valence-electron chi connectivity index (χ4n) is 2.62. The monoisotopic (exact) mass is 406 g/mol. The number of H-pyrrole nitrogens is 1. The highest BCUT2D eigenvalue weighted by Gasteiger charge is 2.08. The Balaban J connectivity index is 1.31. The van der Waals surface area contributed by atoms with E-state index < -0.39 is 0 Å². The molecule has 1 amide bonds. The summed E-state index contributed by atoms with van der Waals surface area (Å²) in [6.45, 7) is 0. The first kappa shape index (κ1) is 18.5. The number of para-hydroxylation sites is 1. The fraction of sp³-hybridized carbons (Fsp3) is 0.0952. The summed E-state index contributed by atoms with van der Waals surface area (Å²) in [4.78, 5) is 18.1. The number of hydrogen-bond acceptors (Lipinski definition) is 5. The number of nitrogens with zero attached hydrogens (tertiary/aromatic N) is 2. The standard InChI is InChI=1S/C21H18N4OS2/c26-20(22-17-5-2-1-3-6-17)16-10-8-15(9-11-16)14-28-21-23-19(24-25-21)13-18-7-4-12-27-18/h1-12H,13-14H2,(H,22,26)(H,23,24,25). The van der Waals surface area contributed by atoms with E-state index in [9.17, 15) is 4.79 Å². The summed E-state index contributed by atoms with van der Waals surface area (Å²) >= 11 is 3.29. The number of carbonyl (C=O) groups excluding carboxylic acids is 1. The summed E-state index contributed by atoms with van der Waals surface area (Å²) in [5.74, 6) is 1.51. The molecule has 2 N–H and O–H groups in total. The fourth-order valence-corrected chi connectivity index (χ4v) is 4.11. The number of amides is 1. The van der Waals surface area contributed by atoms with Crippen molar-refractivity contribution in [2.24, 2.45) is 0 Å². The Morgan fingerprint density at radius 1 is 1.04 bits per heavy atom. The van der Waals surface area contributed by atoms with E-state index in [0.717, 1.165) is 34.4 Å². The van der Waals surface area contributed by atoms with Crippen LogP contribution in [0.3, 0.4) is 0 Å². The van der Waals surface area contributed by atoms with Crippen molar-refractivity contribution in [1.82, 2.24) is 15.2 Å². The molecule has 0 bridgehead atoms. The second kappa shape index (κ2) is 8.86. The number of carbonyl (C=O) groups is 1. The molecule has 4 aromatic rings. The third-order valence-electron chi connectivity index (χ3n) is 4.05. The van der Waals surface area contributed by atoms with Gasteiger partial charge in [-0.3, -0.25) is 9.89 Å². The zero-order valence-corrected chi connectivity index (χ0v) is 16.6. The Kier molecular flexibility index (Phi) is 5.84. The maximum Gasteiger partial charge on any atom is 0.255 e. The number of aromatic nitrogens is 3. The second-order valence-electron chi connectivity index (χ2n) is 6.13. The first-order valence-electron chi connectivity index (χ1n) is 8.78. The Morgan fingerprint density at radius 3 is 2.61 bits per heavy atom. The minimum absolute atomic E-state index is 0.113. The summed E-state index contributed by atoms with van der Waals surface area (Å²) in [5.41, 5.74) is 2.54. The highest BCUT2D eigenvalue weighted by Crippen LogP contribution is 2.21. The van der Waals surface area contributed by atoms with Crippen LogP contribution in [0.5, 0.6) is 0 Å². The molecular weight excluding hydrogens is 388 g/mol. The highest BCUT2D eigenvalue weighted by atomic mass is 32.2. The van der Waals surface area contributed by atoms with Gasteiger partial charge < -0.3 is 5.32 Å². The Morgan fingerprint density at radius 2 is 1.86 bits per heavy atom. The number of aromatic amines is 1. The van der Waals surface area contributed by atoms with Crippen LogP contribution in [-0.2, 0) is 12.2 Å². The minimum atomic E-state index is -0.113. The summed E-state index contributed by atoms with van der Waals surface area (Å²) in [6.07, 6.45) is 0.774. The van der Waals surface area contributed by atoms with Crippen molar-refractivity contribution in [2.45, 2.75) is 17.3 Å². The predicted molar refractivity (Wildman–Crippen MR) is 114 cm³/mol. The van der Waals surface area contributed by atoms with Gasteiger partial charge in [0.2, 0.25) is 5.16 Å². The second-order valence-corrected chi connectivity index (χ2v) is 8.10. The number of benzene rings is 2. The highest BCUT2D eigenvalue weighted by molar-refractivity contribution is 7.98. The van der Waals surface area contributed by atoms with Gasteiger partial charge >= 0.3 is 0 Å². The quantitative estimate of drug-likeness (QED) is 0.424. The maximum absolute atomic E-state index is 12.3. The molecule has 2 aromatic heterocycles. The summed E-state index contributed by atoms with van der Waals surface area (Å²) in [7, 11) is 0. The van der Waals surface area contributed by atoms with Crippen molar-refractivity contribution >= 4 is 34.7 Å². The van der Waals surface area contributed by atoms with E-state index >= 15 is 0 Å². The topological polar surface area (TPSA) is 70.7 Å². The van der Waals surface area contributed by atoms with Crippen LogP contribution >= 0.6 is 23.1 Å². The lowest BCUT2D eigenvalue weighted by Crippen LogP contribution is -2.11. The van der Waals surface area contributed by atoms with Crippen LogP contribution in [0.2, 0.25) is 0 Å². The van der Waals surface area contributed by atoms with Gasteiger partial charge in [-0.1, -0.05) is 48.2 Å². The van der Waals surface area contributed by atoms with E-state index in [-0.39, 0.29) is 5.91 Å². The molecule has 2 aromatic carbocycles. The molecule has 140 valence electrons. The van der Waals surface area contributed by atoms with Gasteiger partial charge in [0.1, 0.15) is 5.82 Å². The molecule has 0 aliphatic rings. The summed E-state index contributed by atoms with van der Waals surface area (Å²) in [5, 5.41) is 13.0. The molecule has 0 fully saturated rings. The van der Waals surface area contributed by atoms with Crippen LogP contribution in [0.4, 0.5) is 5.69 Å². The lowest BCUT2D eigenvalue weighted by molar-refractivity contribution is 0.102. The first-order chi connectivity index (χ1) is 13.8. The summed E-state index contributed by atoms with van der Waals surface area (Å²) in [6, 6.07) is 21.2. The Bertz CT molecular complexity index is 1030. The molecule has 7 heteroatoms. The number of thiophene rings is 1. The van der Waals surface area contributed by atoms with Gasteiger partial charge in [0.25, 0.3) is 5.91 Å². The largest absolute Gasteiger partial charge is 0.322 e. The number of thioether (sulfide) groups is 1. The SMILES string of the molecule is O=C(Nc1ccccc1)c1ccc(CSc2n[nH]c(Cc3cccs3)n2)cc1. The van der Waals surface area contributed by atoms with Crippen LogP contribution in [-0.4, -0.2) is 21.1 Å². The lowest BCUT2D eigenvalue weighted by atomic mass is 10.1. The third-order valence-corrected chi connectivity index (χ3v) is 5.84. The first-order valence-corrected chi connectivity index (χ1v) is 10.6. The van der Waals surface area contributed by atoms with Crippen LogP contribution < -0.4 is 5.32 Å². The smallest absolute Gasteiger partial charge is 0.255 e. The number of anilines is 1. The molecule has 0 spiro atoms. The third kappa shape index (κ3) is 4.88. The lowest BCUT2D eigenvalue weighted by Gasteiger charge is -2.06. The minimum Gasteiger partial charge on any atom is -0.322 e. The van der Waals surface area contributed by atoms with Crippen molar-refractivity contribution in [1.29, 1.82) is 0 Å². The molecule has 0 aliphatic carbocycles. The van der Waals surface area contributed by atoms with E-state index in [4.69, 9.17) is 0 Å². The molecule has 0 aliphatic heterocycles. The molecule has 4 rings (SSSR count). The van der Waals surface area contributed by atoms with Gasteiger partial charge in [0.15, 0.2) is 0 Å². The molecule has 0 saturated carbocycles. The van der Waals surface area contributed by atoms with E-state index in [2.05, 4.69) is 31.9 Å². The van der Waals surface area contributed by atoms with Gasteiger partial charge in [0.05, 0.1) is 0 Å². The van der Waals surface area contributed by atoms with Gasteiger partial charge in [-0.2, -0.15) is 0 Å². The van der Waals surface area contributed by atoms with Crippen LogP contribution in [0.25, 0.3) is 0 Å². The molecule has 0 radical (unpaired) electrons. The van der Waals surface area contributed by atoms with Crippen molar-refractivity contribution in [3.63, 3.8) is 0 Å². The van der Waals surface area contributed by atoms with E-state index in [1.54, 1.807) is 23.1 Å². The van der Waals surface area contributed by atoms with Gasteiger partial charge in [-0.15, -0.1) is 16.4 Å². The van der Waals surface area contributed by atoms with E-state index in [1.165, 1.54) is 4.88 Å². The Labute approximate surface area is 171 Å². The van der Waals surface area contributed by atoms with Crippen molar-refractivity contribution < 1.29 is 4.79 Å². The molecule has 28 heavy (non-hydrogen) atoms. The molecular formula is C21H18N4OS2. The van der Waals surface area contributed by atoms with Crippen LogP contribution in [0.15, 0.2) is 77.3 Å².